The molecule has 98 valence electrons. The lowest BCUT2D eigenvalue weighted by Gasteiger charge is -2.07. The maximum absolute atomic E-state index is 11.9. The molecule has 5 heteroatoms. The summed E-state index contributed by atoms with van der Waals surface area (Å²) in [5.74, 6) is -0.448. The summed E-state index contributed by atoms with van der Waals surface area (Å²) in [6.45, 7) is 0.379. The number of amides is 1. The Bertz CT molecular complexity index is 616. The molecule has 0 aromatic heterocycles. The van der Waals surface area contributed by atoms with Crippen molar-refractivity contribution in [1.82, 2.24) is 5.32 Å². The third-order valence-corrected chi connectivity index (χ3v) is 3.27. The molecule has 0 atom stereocenters. The Kier molecular flexibility index (Phi) is 4.45. The maximum Gasteiger partial charge on any atom is 0.255 e. The van der Waals surface area contributed by atoms with Gasteiger partial charge in [0, 0.05) is 16.0 Å². The predicted octanol–water partition coefficient (Wildman–Crippen LogP) is 3.74. The molecule has 19 heavy (non-hydrogen) atoms. The Morgan fingerprint density at radius 1 is 1.26 bits per heavy atom. The van der Waals surface area contributed by atoms with Crippen molar-refractivity contribution in [2.45, 2.75) is 6.54 Å². The topological polar surface area (TPSA) is 49.3 Å². The number of rotatable bonds is 3. The smallest absolute Gasteiger partial charge is 0.255 e. The fourth-order valence-corrected chi connectivity index (χ4v) is 2.23. The fourth-order valence-electron chi connectivity index (χ4n) is 1.61. The van der Waals surface area contributed by atoms with Crippen LogP contribution in [0.1, 0.15) is 15.9 Å². The molecule has 3 nitrogen and oxygen atoms in total. The van der Waals surface area contributed by atoms with Crippen molar-refractivity contribution < 1.29 is 9.90 Å². The molecular formula is C14H11BrClNO2. The van der Waals surface area contributed by atoms with Crippen LogP contribution in [0.4, 0.5) is 0 Å². The van der Waals surface area contributed by atoms with Crippen molar-refractivity contribution in [3.63, 3.8) is 0 Å². The van der Waals surface area contributed by atoms with Gasteiger partial charge in [0.2, 0.25) is 0 Å². The molecule has 0 unspecified atom stereocenters. The predicted molar refractivity (Wildman–Crippen MR) is 78.4 cm³/mol. The second-order valence-electron chi connectivity index (χ2n) is 3.97. The van der Waals surface area contributed by atoms with Crippen LogP contribution in [0, 0.1) is 0 Å². The summed E-state index contributed by atoms with van der Waals surface area (Å²) in [6, 6.07) is 12.0. The standard InChI is InChI=1S/C14H11BrClNO2/c15-10-3-1-2-9(6-10)8-17-14(19)12-7-11(16)4-5-13(12)18/h1-7,18H,8H2,(H,17,19). The minimum atomic E-state index is -0.361. The molecule has 2 aromatic carbocycles. The molecule has 0 saturated carbocycles. The number of phenols is 1. The second-order valence-corrected chi connectivity index (χ2v) is 5.33. The van der Waals surface area contributed by atoms with Crippen LogP contribution in [0.25, 0.3) is 0 Å². The fraction of sp³-hybridized carbons (Fsp3) is 0.0714. The van der Waals surface area contributed by atoms with Crippen LogP contribution in [-0.2, 0) is 6.54 Å². The molecule has 0 heterocycles. The minimum absolute atomic E-state index is 0.0869. The van der Waals surface area contributed by atoms with E-state index in [1.165, 1.54) is 18.2 Å². The lowest BCUT2D eigenvalue weighted by molar-refractivity contribution is 0.0948. The third-order valence-electron chi connectivity index (χ3n) is 2.55. The Morgan fingerprint density at radius 2 is 2.05 bits per heavy atom. The number of phenolic OH excluding ortho intramolecular Hbond substituents is 1. The van der Waals surface area contributed by atoms with Gasteiger partial charge in [0.1, 0.15) is 5.75 Å². The summed E-state index contributed by atoms with van der Waals surface area (Å²) in [5, 5.41) is 12.8. The van der Waals surface area contributed by atoms with E-state index in [1.54, 1.807) is 0 Å². The van der Waals surface area contributed by atoms with Crippen LogP contribution >= 0.6 is 27.5 Å². The molecule has 0 fully saturated rings. The highest BCUT2D eigenvalue weighted by Crippen LogP contribution is 2.21. The van der Waals surface area contributed by atoms with E-state index in [4.69, 9.17) is 11.6 Å². The Labute approximate surface area is 124 Å². The van der Waals surface area contributed by atoms with Crippen molar-refractivity contribution in [2.24, 2.45) is 0 Å². The lowest BCUT2D eigenvalue weighted by atomic mass is 10.1. The van der Waals surface area contributed by atoms with E-state index in [9.17, 15) is 9.90 Å². The number of aromatic hydroxyl groups is 1. The maximum atomic E-state index is 11.9. The molecule has 0 aliphatic carbocycles. The van der Waals surface area contributed by atoms with Crippen LogP contribution in [0.15, 0.2) is 46.9 Å². The quantitative estimate of drug-likeness (QED) is 0.894. The van der Waals surface area contributed by atoms with Gasteiger partial charge in [0.25, 0.3) is 5.91 Å². The molecule has 0 spiro atoms. The zero-order valence-electron chi connectivity index (χ0n) is 9.86. The van der Waals surface area contributed by atoms with E-state index in [1.807, 2.05) is 24.3 Å². The molecule has 2 rings (SSSR count). The molecule has 2 aromatic rings. The number of nitrogens with one attached hydrogen (secondary N) is 1. The van der Waals surface area contributed by atoms with Crippen molar-refractivity contribution in [3.05, 3.63) is 63.1 Å². The van der Waals surface area contributed by atoms with Gasteiger partial charge in [-0.1, -0.05) is 39.7 Å². The van der Waals surface area contributed by atoms with Crippen molar-refractivity contribution in [1.29, 1.82) is 0 Å². The van der Waals surface area contributed by atoms with Gasteiger partial charge < -0.3 is 10.4 Å². The van der Waals surface area contributed by atoms with E-state index in [0.717, 1.165) is 10.0 Å². The van der Waals surface area contributed by atoms with E-state index in [0.29, 0.717) is 11.6 Å². The summed E-state index contributed by atoms with van der Waals surface area (Å²) in [4.78, 5) is 11.9. The summed E-state index contributed by atoms with van der Waals surface area (Å²) in [6.07, 6.45) is 0. The van der Waals surface area contributed by atoms with E-state index in [-0.39, 0.29) is 17.2 Å². The molecular weight excluding hydrogens is 330 g/mol. The molecule has 2 N–H and O–H groups in total. The van der Waals surface area contributed by atoms with Gasteiger partial charge in [-0.2, -0.15) is 0 Å². The van der Waals surface area contributed by atoms with Gasteiger partial charge in [-0.25, -0.2) is 0 Å². The molecule has 0 radical (unpaired) electrons. The first-order valence-electron chi connectivity index (χ1n) is 5.57. The van der Waals surface area contributed by atoms with Crippen molar-refractivity contribution >= 4 is 33.4 Å². The van der Waals surface area contributed by atoms with E-state index >= 15 is 0 Å². The summed E-state index contributed by atoms with van der Waals surface area (Å²) in [5.41, 5.74) is 1.13. The number of carbonyl (C=O) groups is 1. The number of hydrogen-bond acceptors (Lipinski definition) is 2. The lowest BCUT2D eigenvalue weighted by Crippen LogP contribution is -2.22. The van der Waals surface area contributed by atoms with E-state index in [2.05, 4.69) is 21.2 Å². The Morgan fingerprint density at radius 3 is 2.79 bits per heavy atom. The monoisotopic (exact) mass is 339 g/mol. The van der Waals surface area contributed by atoms with Gasteiger partial charge in [0.15, 0.2) is 0 Å². The number of benzene rings is 2. The SMILES string of the molecule is O=C(NCc1cccc(Br)c1)c1cc(Cl)ccc1O. The third kappa shape index (κ3) is 3.72. The van der Waals surface area contributed by atoms with Gasteiger partial charge in [-0.3, -0.25) is 4.79 Å². The van der Waals surface area contributed by atoms with Gasteiger partial charge in [0.05, 0.1) is 5.56 Å². The zero-order chi connectivity index (χ0) is 13.8. The van der Waals surface area contributed by atoms with Crippen LogP contribution < -0.4 is 5.32 Å². The average molecular weight is 341 g/mol. The summed E-state index contributed by atoms with van der Waals surface area (Å²) in [7, 11) is 0. The van der Waals surface area contributed by atoms with Gasteiger partial charge in [-0.15, -0.1) is 0 Å². The normalized spacial score (nSPS) is 10.2. The number of hydrogen-bond donors (Lipinski definition) is 2. The van der Waals surface area contributed by atoms with Gasteiger partial charge >= 0.3 is 0 Å². The van der Waals surface area contributed by atoms with Crippen molar-refractivity contribution in [2.75, 3.05) is 0 Å². The van der Waals surface area contributed by atoms with Crippen LogP contribution in [0.5, 0.6) is 5.75 Å². The first-order chi connectivity index (χ1) is 9.06. The highest BCUT2D eigenvalue weighted by molar-refractivity contribution is 9.10. The first-order valence-corrected chi connectivity index (χ1v) is 6.74. The van der Waals surface area contributed by atoms with E-state index < -0.39 is 0 Å². The Hall–Kier alpha value is -1.52. The summed E-state index contributed by atoms with van der Waals surface area (Å²) < 4.78 is 0.949. The highest BCUT2D eigenvalue weighted by Gasteiger charge is 2.11. The van der Waals surface area contributed by atoms with Gasteiger partial charge in [-0.05, 0) is 35.9 Å². The average Bonchev–Trinajstić information content (AvgIpc) is 2.39. The van der Waals surface area contributed by atoms with Crippen molar-refractivity contribution in [3.8, 4) is 5.75 Å². The molecule has 0 saturated heterocycles. The highest BCUT2D eigenvalue weighted by atomic mass is 79.9. The largest absolute Gasteiger partial charge is 0.507 e. The van der Waals surface area contributed by atoms with Crippen LogP contribution in [0.2, 0.25) is 5.02 Å². The molecule has 0 aliphatic rings. The van der Waals surface area contributed by atoms with Crippen LogP contribution in [-0.4, -0.2) is 11.0 Å². The van der Waals surface area contributed by atoms with Crippen LogP contribution in [0.3, 0.4) is 0 Å². The summed E-state index contributed by atoms with van der Waals surface area (Å²) >= 11 is 9.17. The number of halogens is 2. The molecule has 1 amide bonds. The Balaban J connectivity index is 2.07. The number of carbonyl (C=O) groups excluding carboxylic acids is 1. The molecule has 0 aliphatic heterocycles. The zero-order valence-corrected chi connectivity index (χ0v) is 12.2. The first kappa shape index (κ1) is 13.9. The second kappa shape index (κ2) is 6.08. The molecule has 0 bridgehead atoms. The minimum Gasteiger partial charge on any atom is -0.507 e.